The Labute approximate surface area is 61.6 Å². The van der Waals surface area contributed by atoms with Crippen molar-refractivity contribution in [3.63, 3.8) is 0 Å². The smallest absolute Gasteiger partial charge is 0.243 e. The van der Waals surface area contributed by atoms with Crippen LogP contribution in [-0.2, 0) is 4.79 Å². The standard InChI is InChI=1S/C8H13NO/c1-4-7(3)6-9-8(10)5-2/h5H,2-4,6H2,1H3,(H,9,10). The van der Waals surface area contributed by atoms with Gasteiger partial charge in [-0.1, -0.05) is 25.7 Å². The van der Waals surface area contributed by atoms with E-state index >= 15 is 0 Å². The molecule has 0 bridgehead atoms. The second-order valence-corrected chi connectivity index (χ2v) is 2.03. The van der Waals surface area contributed by atoms with Crippen LogP contribution in [-0.4, -0.2) is 12.5 Å². The first kappa shape index (κ1) is 8.95. The van der Waals surface area contributed by atoms with Gasteiger partial charge in [-0.05, 0) is 12.5 Å². The van der Waals surface area contributed by atoms with E-state index in [1.165, 1.54) is 6.08 Å². The van der Waals surface area contributed by atoms with Crippen LogP contribution in [0.2, 0.25) is 0 Å². The van der Waals surface area contributed by atoms with E-state index in [9.17, 15) is 4.79 Å². The van der Waals surface area contributed by atoms with Crippen molar-refractivity contribution < 1.29 is 4.79 Å². The zero-order valence-electron chi connectivity index (χ0n) is 6.31. The van der Waals surface area contributed by atoms with Crippen molar-refractivity contribution in [2.45, 2.75) is 13.3 Å². The first-order valence-electron chi connectivity index (χ1n) is 3.27. The average molecular weight is 139 g/mol. The van der Waals surface area contributed by atoms with Gasteiger partial charge < -0.3 is 5.32 Å². The number of hydrogen-bond donors (Lipinski definition) is 1. The van der Waals surface area contributed by atoms with E-state index in [2.05, 4.69) is 18.5 Å². The fraction of sp³-hybridized carbons (Fsp3) is 0.375. The van der Waals surface area contributed by atoms with Crippen LogP contribution in [0.15, 0.2) is 24.8 Å². The molecule has 0 radical (unpaired) electrons. The summed E-state index contributed by atoms with van der Waals surface area (Å²) in [6.45, 7) is 9.61. The molecule has 0 fully saturated rings. The molecule has 2 nitrogen and oxygen atoms in total. The van der Waals surface area contributed by atoms with Gasteiger partial charge in [0.2, 0.25) is 5.91 Å². The van der Waals surface area contributed by atoms with Gasteiger partial charge in [0, 0.05) is 6.54 Å². The molecule has 0 rings (SSSR count). The summed E-state index contributed by atoms with van der Waals surface area (Å²) < 4.78 is 0. The van der Waals surface area contributed by atoms with Crippen molar-refractivity contribution in [1.29, 1.82) is 0 Å². The molecule has 0 saturated carbocycles. The van der Waals surface area contributed by atoms with Gasteiger partial charge in [-0.15, -0.1) is 0 Å². The molecule has 2 heteroatoms. The zero-order chi connectivity index (χ0) is 7.98. The molecule has 0 saturated heterocycles. The normalized spacial score (nSPS) is 8.50. The van der Waals surface area contributed by atoms with Gasteiger partial charge in [0.15, 0.2) is 0 Å². The molecule has 0 atom stereocenters. The summed E-state index contributed by atoms with van der Waals surface area (Å²) in [5, 5.41) is 2.63. The van der Waals surface area contributed by atoms with Gasteiger partial charge in [0.25, 0.3) is 0 Å². The minimum atomic E-state index is -0.144. The third-order valence-corrected chi connectivity index (χ3v) is 1.20. The number of hydrogen-bond acceptors (Lipinski definition) is 1. The highest BCUT2D eigenvalue weighted by atomic mass is 16.1. The van der Waals surface area contributed by atoms with E-state index in [1.54, 1.807) is 0 Å². The molecule has 0 aliphatic carbocycles. The summed E-state index contributed by atoms with van der Waals surface area (Å²) in [5.41, 5.74) is 1.02. The average Bonchev–Trinajstić information content (AvgIpc) is 1.99. The van der Waals surface area contributed by atoms with Crippen molar-refractivity contribution in [3.8, 4) is 0 Å². The maximum absolute atomic E-state index is 10.6. The fourth-order valence-corrected chi connectivity index (χ4v) is 0.409. The Hall–Kier alpha value is -1.05. The predicted octanol–water partition coefficient (Wildman–Crippen LogP) is 1.25. The Morgan fingerprint density at radius 1 is 1.70 bits per heavy atom. The first-order chi connectivity index (χ1) is 4.70. The van der Waals surface area contributed by atoms with Crippen molar-refractivity contribution >= 4 is 5.91 Å². The highest BCUT2D eigenvalue weighted by Crippen LogP contribution is 1.91. The van der Waals surface area contributed by atoms with E-state index in [4.69, 9.17) is 0 Å². The maximum Gasteiger partial charge on any atom is 0.243 e. The Morgan fingerprint density at radius 2 is 2.30 bits per heavy atom. The monoisotopic (exact) mass is 139 g/mol. The van der Waals surface area contributed by atoms with E-state index in [0.29, 0.717) is 6.54 Å². The van der Waals surface area contributed by atoms with E-state index < -0.39 is 0 Å². The molecule has 1 amide bonds. The second kappa shape index (κ2) is 4.79. The van der Waals surface area contributed by atoms with Gasteiger partial charge in [-0.2, -0.15) is 0 Å². The highest BCUT2D eigenvalue weighted by Gasteiger charge is 1.92. The summed E-state index contributed by atoms with van der Waals surface area (Å²) in [7, 11) is 0. The van der Waals surface area contributed by atoms with Crippen LogP contribution >= 0.6 is 0 Å². The molecule has 0 aliphatic rings. The molecule has 10 heavy (non-hydrogen) atoms. The summed E-state index contributed by atoms with van der Waals surface area (Å²) in [5.74, 6) is -0.144. The van der Waals surface area contributed by atoms with E-state index in [1.807, 2.05) is 6.92 Å². The number of rotatable bonds is 4. The quantitative estimate of drug-likeness (QED) is 0.461. The Morgan fingerprint density at radius 3 is 2.70 bits per heavy atom. The molecule has 56 valence electrons. The number of amides is 1. The van der Waals surface area contributed by atoms with Crippen molar-refractivity contribution in [3.05, 3.63) is 24.8 Å². The van der Waals surface area contributed by atoms with E-state index in [0.717, 1.165) is 12.0 Å². The van der Waals surface area contributed by atoms with Gasteiger partial charge in [0.05, 0.1) is 0 Å². The van der Waals surface area contributed by atoms with Crippen LogP contribution in [0.4, 0.5) is 0 Å². The molecule has 0 heterocycles. The molecule has 0 unspecified atom stereocenters. The second-order valence-electron chi connectivity index (χ2n) is 2.03. The van der Waals surface area contributed by atoms with Crippen LogP contribution in [0, 0.1) is 0 Å². The predicted molar refractivity (Wildman–Crippen MR) is 42.6 cm³/mol. The van der Waals surface area contributed by atoms with E-state index in [-0.39, 0.29) is 5.91 Å². The molecular formula is C8H13NO. The number of nitrogens with one attached hydrogen (secondary N) is 1. The van der Waals surface area contributed by atoms with Crippen molar-refractivity contribution in [2.24, 2.45) is 0 Å². The zero-order valence-corrected chi connectivity index (χ0v) is 6.31. The van der Waals surface area contributed by atoms with Crippen LogP contribution in [0.3, 0.4) is 0 Å². The molecule has 0 aromatic heterocycles. The van der Waals surface area contributed by atoms with Crippen molar-refractivity contribution in [1.82, 2.24) is 5.32 Å². The maximum atomic E-state index is 10.6. The van der Waals surface area contributed by atoms with Gasteiger partial charge in [-0.3, -0.25) is 4.79 Å². The summed E-state index contributed by atoms with van der Waals surface area (Å²) >= 11 is 0. The molecule has 0 aliphatic heterocycles. The highest BCUT2D eigenvalue weighted by molar-refractivity contribution is 5.86. The Balaban J connectivity index is 3.44. The lowest BCUT2D eigenvalue weighted by atomic mass is 10.2. The van der Waals surface area contributed by atoms with Crippen LogP contribution < -0.4 is 5.32 Å². The third-order valence-electron chi connectivity index (χ3n) is 1.20. The Kier molecular flexibility index (Phi) is 4.29. The number of carbonyl (C=O) groups excluding carboxylic acids is 1. The Bertz CT molecular complexity index is 149. The lowest BCUT2D eigenvalue weighted by Crippen LogP contribution is -2.22. The largest absolute Gasteiger partial charge is 0.349 e. The third kappa shape index (κ3) is 3.89. The number of carbonyl (C=O) groups is 1. The fourth-order valence-electron chi connectivity index (χ4n) is 0.409. The van der Waals surface area contributed by atoms with Gasteiger partial charge >= 0.3 is 0 Å². The SMILES string of the molecule is C=CC(=O)NCC(=C)CC. The summed E-state index contributed by atoms with van der Waals surface area (Å²) in [6.07, 6.45) is 2.15. The van der Waals surface area contributed by atoms with Crippen LogP contribution in [0.1, 0.15) is 13.3 Å². The lowest BCUT2D eigenvalue weighted by molar-refractivity contribution is -0.116. The minimum Gasteiger partial charge on any atom is -0.349 e. The summed E-state index contributed by atoms with van der Waals surface area (Å²) in [6, 6.07) is 0. The molecule has 1 N–H and O–H groups in total. The van der Waals surface area contributed by atoms with Crippen molar-refractivity contribution in [2.75, 3.05) is 6.54 Å². The molecule has 0 aromatic rings. The molecular weight excluding hydrogens is 126 g/mol. The molecule has 0 spiro atoms. The van der Waals surface area contributed by atoms with Gasteiger partial charge in [0.1, 0.15) is 0 Å². The van der Waals surface area contributed by atoms with Crippen LogP contribution in [0.25, 0.3) is 0 Å². The minimum absolute atomic E-state index is 0.144. The van der Waals surface area contributed by atoms with Gasteiger partial charge in [-0.25, -0.2) is 0 Å². The molecule has 0 aromatic carbocycles. The summed E-state index contributed by atoms with van der Waals surface area (Å²) in [4.78, 5) is 10.6. The lowest BCUT2D eigenvalue weighted by Gasteiger charge is -2.01. The topological polar surface area (TPSA) is 29.1 Å². The van der Waals surface area contributed by atoms with Crippen LogP contribution in [0.5, 0.6) is 0 Å². The first-order valence-corrected chi connectivity index (χ1v) is 3.27.